The van der Waals surface area contributed by atoms with Crippen LogP contribution in [0.15, 0.2) is 54.6 Å². The van der Waals surface area contributed by atoms with Crippen molar-refractivity contribution in [3.05, 3.63) is 65.7 Å². The second-order valence-corrected chi connectivity index (χ2v) is 11.8. The topological polar surface area (TPSA) is 104 Å². The van der Waals surface area contributed by atoms with Crippen LogP contribution in [-0.2, 0) is 26.0 Å². The summed E-state index contributed by atoms with van der Waals surface area (Å²) in [7, 11) is -3.86. The summed E-state index contributed by atoms with van der Waals surface area (Å²) in [5, 5.41) is 2.94. The molecule has 9 heteroatoms. The van der Waals surface area contributed by atoms with Crippen molar-refractivity contribution in [1.82, 2.24) is 10.2 Å². The SMILES string of the molecule is CC[C@@H](C(=O)NC(C)(C)C)N(CCc1ccccc1)C(=O)CN(c1cccc(C(C)=O)c1)S(C)(=O)=O. The molecule has 0 aliphatic rings. The minimum atomic E-state index is -3.86. The Labute approximate surface area is 214 Å². The van der Waals surface area contributed by atoms with Gasteiger partial charge in [-0.05, 0) is 58.2 Å². The molecule has 0 aromatic heterocycles. The zero-order valence-electron chi connectivity index (χ0n) is 21.9. The van der Waals surface area contributed by atoms with Gasteiger partial charge in [-0.15, -0.1) is 0 Å². The molecular formula is C27H37N3O5S. The van der Waals surface area contributed by atoms with E-state index in [1.165, 1.54) is 17.9 Å². The van der Waals surface area contributed by atoms with E-state index in [1.54, 1.807) is 18.2 Å². The number of sulfonamides is 1. The molecule has 196 valence electrons. The lowest BCUT2D eigenvalue weighted by atomic mass is 10.1. The van der Waals surface area contributed by atoms with E-state index in [4.69, 9.17) is 0 Å². The number of hydrogen-bond donors (Lipinski definition) is 1. The Kier molecular flexibility index (Phi) is 9.81. The molecule has 0 saturated heterocycles. The fraction of sp³-hybridized carbons (Fsp3) is 0.444. The Balaban J connectivity index is 2.42. The second kappa shape index (κ2) is 12.2. The third-order valence-electron chi connectivity index (χ3n) is 5.59. The zero-order valence-corrected chi connectivity index (χ0v) is 22.8. The van der Waals surface area contributed by atoms with Crippen molar-refractivity contribution in [2.24, 2.45) is 0 Å². The lowest BCUT2D eigenvalue weighted by Gasteiger charge is -2.34. The molecule has 36 heavy (non-hydrogen) atoms. The number of nitrogens with zero attached hydrogens (tertiary/aromatic N) is 2. The Hall–Kier alpha value is -3.20. The highest BCUT2D eigenvalue weighted by Gasteiger charge is 2.32. The first kappa shape index (κ1) is 29.0. The molecule has 8 nitrogen and oxygen atoms in total. The lowest BCUT2D eigenvalue weighted by Crippen LogP contribution is -2.56. The predicted octanol–water partition coefficient (Wildman–Crippen LogP) is 3.42. The fourth-order valence-electron chi connectivity index (χ4n) is 3.84. The van der Waals surface area contributed by atoms with Gasteiger partial charge in [-0.2, -0.15) is 0 Å². The van der Waals surface area contributed by atoms with Crippen LogP contribution in [0.5, 0.6) is 0 Å². The maximum absolute atomic E-state index is 13.7. The molecule has 0 spiro atoms. The van der Waals surface area contributed by atoms with E-state index in [9.17, 15) is 22.8 Å². The predicted molar refractivity (Wildman–Crippen MR) is 142 cm³/mol. The average molecular weight is 516 g/mol. The Bertz CT molecular complexity index is 1170. The summed E-state index contributed by atoms with van der Waals surface area (Å²) in [6, 6.07) is 15.0. The fourth-order valence-corrected chi connectivity index (χ4v) is 4.68. The summed E-state index contributed by atoms with van der Waals surface area (Å²) >= 11 is 0. The number of benzene rings is 2. The van der Waals surface area contributed by atoms with Crippen LogP contribution in [0.2, 0.25) is 0 Å². The van der Waals surface area contributed by atoms with E-state index in [-0.39, 0.29) is 23.9 Å². The van der Waals surface area contributed by atoms with E-state index in [0.717, 1.165) is 16.1 Å². The number of anilines is 1. The molecule has 0 unspecified atom stereocenters. The van der Waals surface area contributed by atoms with Gasteiger partial charge in [0.05, 0.1) is 11.9 Å². The maximum Gasteiger partial charge on any atom is 0.244 e. The van der Waals surface area contributed by atoms with E-state index in [0.29, 0.717) is 18.4 Å². The molecule has 0 heterocycles. The summed E-state index contributed by atoms with van der Waals surface area (Å²) in [5.74, 6) is -1.01. The molecule has 1 atom stereocenters. The number of carbonyl (C=O) groups is 3. The van der Waals surface area contributed by atoms with E-state index in [1.807, 2.05) is 58.0 Å². The minimum Gasteiger partial charge on any atom is -0.350 e. The molecule has 0 bridgehead atoms. The Morgan fingerprint density at radius 3 is 2.17 bits per heavy atom. The van der Waals surface area contributed by atoms with Crippen LogP contribution in [0, 0.1) is 0 Å². The molecule has 2 aromatic rings. The van der Waals surface area contributed by atoms with Gasteiger partial charge in [-0.3, -0.25) is 18.7 Å². The summed E-state index contributed by atoms with van der Waals surface area (Å²) in [4.78, 5) is 40.1. The van der Waals surface area contributed by atoms with Crippen molar-refractivity contribution in [2.45, 2.75) is 59.0 Å². The van der Waals surface area contributed by atoms with Crippen molar-refractivity contribution in [1.29, 1.82) is 0 Å². The molecule has 0 radical (unpaired) electrons. The van der Waals surface area contributed by atoms with Gasteiger partial charge in [-0.1, -0.05) is 49.4 Å². The molecule has 0 aliphatic carbocycles. The molecule has 2 amide bonds. The van der Waals surface area contributed by atoms with Crippen molar-refractivity contribution in [2.75, 3.05) is 23.7 Å². The lowest BCUT2D eigenvalue weighted by molar-refractivity contribution is -0.140. The van der Waals surface area contributed by atoms with Crippen molar-refractivity contribution >= 4 is 33.3 Å². The summed E-state index contributed by atoms with van der Waals surface area (Å²) < 4.78 is 26.4. The number of rotatable bonds is 11. The Morgan fingerprint density at radius 1 is 1.00 bits per heavy atom. The van der Waals surface area contributed by atoms with Gasteiger partial charge in [0.25, 0.3) is 0 Å². The van der Waals surface area contributed by atoms with Crippen LogP contribution in [0.3, 0.4) is 0 Å². The van der Waals surface area contributed by atoms with Gasteiger partial charge in [-0.25, -0.2) is 8.42 Å². The van der Waals surface area contributed by atoms with E-state index >= 15 is 0 Å². The van der Waals surface area contributed by atoms with Crippen LogP contribution in [0.25, 0.3) is 0 Å². The van der Waals surface area contributed by atoms with Gasteiger partial charge in [0.1, 0.15) is 12.6 Å². The third-order valence-corrected chi connectivity index (χ3v) is 6.73. The normalized spacial score (nSPS) is 12.5. The smallest absolute Gasteiger partial charge is 0.244 e. The standard InChI is InChI=1S/C27H37N3O5S/c1-7-24(26(33)28-27(3,4)5)29(17-16-21-12-9-8-10-13-21)25(32)19-30(36(6,34)35)23-15-11-14-22(18-23)20(2)31/h8-15,18,24H,7,16-17,19H2,1-6H3,(H,28,33)/t24-/m0/s1. The zero-order chi connectivity index (χ0) is 27.1. The van der Waals surface area contributed by atoms with Crippen molar-refractivity contribution in [3.8, 4) is 0 Å². The Morgan fingerprint density at radius 2 is 1.64 bits per heavy atom. The first-order chi connectivity index (χ1) is 16.7. The number of carbonyl (C=O) groups excluding carboxylic acids is 3. The number of ketones is 1. The summed E-state index contributed by atoms with van der Waals surface area (Å²) in [5.41, 5.74) is 1.06. The summed E-state index contributed by atoms with van der Waals surface area (Å²) in [6.07, 6.45) is 1.88. The largest absolute Gasteiger partial charge is 0.350 e. The first-order valence-corrected chi connectivity index (χ1v) is 13.8. The second-order valence-electron chi connectivity index (χ2n) is 9.86. The number of Topliss-reactive ketones (excluding diaryl/α,β-unsaturated/α-hetero) is 1. The van der Waals surface area contributed by atoms with Crippen LogP contribution < -0.4 is 9.62 Å². The molecule has 1 N–H and O–H groups in total. The highest BCUT2D eigenvalue weighted by molar-refractivity contribution is 7.92. The van der Waals surface area contributed by atoms with Gasteiger partial charge in [0.15, 0.2) is 5.78 Å². The molecule has 2 rings (SSSR count). The number of nitrogens with one attached hydrogen (secondary N) is 1. The van der Waals surface area contributed by atoms with Gasteiger partial charge >= 0.3 is 0 Å². The highest BCUT2D eigenvalue weighted by Crippen LogP contribution is 2.21. The molecule has 0 saturated carbocycles. The number of hydrogen-bond acceptors (Lipinski definition) is 5. The first-order valence-electron chi connectivity index (χ1n) is 12.0. The molecule has 0 fully saturated rings. The van der Waals surface area contributed by atoms with Crippen LogP contribution >= 0.6 is 0 Å². The monoisotopic (exact) mass is 515 g/mol. The average Bonchev–Trinajstić information content (AvgIpc) is 2.78. The molecule has 2 aromatic carbocycles. The van der Waals surface area contributed by atoms with Crippen LogP contribution in [0.4, 0.5) is 5.69 Å². The van der Waals surface area contributed by atoms with Crippen molar-refractivity contribution in [3.63, 3.8) is 0 Å². The number of amides is 2. The highest BCUT2D eigenvalue weighted by atomic mass is 32.2. The maximum atomic E-state index is 13.7. The van der Waals surface area contributed by atoms with Crippen LogP contribution in [-0.4, -0.2) is 61.8 Å². The quantitative estimate of drug-likeness (QED) is 0.462. The molecular weight excluding hydrogens is 478 g/mol. The van der Waals surface area contributed by atoms with E-state index < -0.39 is 34.1 Å². The summed E-state index contributed by atoms with van der Waals surface area (Å²) in [6.45, 7) is 8.54. The molecule has 0 aliphatic heterocycles. The van der Waals surface area contributed by atoms with Gasteiger partial charge in [0.2, 0.25) is 21.8 Å². The van der Waals surface area contributed by atoms with Gasteiger partial charge < -0.3 is 10.2 Å². The van der Waals surface area contributed by atoms with E-state index in [2.05, 4.69) is 5.32 Å². The van der Waals surface area contributed by atoms with Crippen LogP contribution in [0.1, 0.15) is 57.0 Å². The van der Waals surface area contributed by atoms with Crippen molar-refractivity contribution < 1.29 is 22.8 Å². The van der Waals surface area contributed by atoms with Gasteiger partial charge in [0, 0.05) is 17.6 Å². The minimum absolute atomic E-state index is 0.216. The third kappa shape index (κ3) is 8.48.